The van der Waals surface area contributed by atoms with Gasteiger partial charge < -0.3 is 14.4 Å². The fraction of sp³-hybridized carbons (Fsp3) is 0.394. The van der Waals surface area contributed by atoms with Crippen molar-refractivity contribution in [2.45, 2.75) is 56.5 Å². The average Bonchev–Trinajstić information content (AvgIpc) is 3.17. The molecular formula is C33H38N2O7S. The minimum absolute atomic E-state index is 0.0286. The molecule has 2 saturated heterocycles. The van der Waals surface area contributed by atoms with Crippen LogP contribution in [-0.2, 0) is 35.4 Å². The van der Waals surface area contributed by atoms with Crippen LogP contribution in [0.3, 0.4) is 0 Å². The number of nitrogens with one attached hydrogen (secondary N) is 1. The molecule has 9 nitrogen and oxygen atoms in total. The van der Waals surface area contributed by atoms with Crippen LogP contribution in [0.1, 0.15) is 60.5 Å². The van der Waals surface area contributed by atoms with Crippen molar-refractivity contribution in [2.24, 2.45) is 0 Å². The maximum Gasteiger partial charge on any atom is 0.253 e. The number of rotatable bonds is 9. The van der Waals surface area contributed by atoms with Gasteiger partial charge in [-0.3, -0.25) is 9.59 Å². The normalized spacial score (nSPS) is 21.9. The molecule has 0 saturated carbocycles. The molecule has 228 valence electrons. The monoisotopic (exact) mass is 606 g/mol. The maximum absolute atomic E-state index is 14.1. The quantitative estimate of drug-likeness (QED) is 0.335. The molecule has 1 N–H and O–H groups in total. The zero-order chi connectivity index (χ0) is 30.3. The van der Waals surface area contributed by atoms with Gasteiger partial charge in [-0.1, -0.05) is 49.4 Å². The van der Waals surface area contributed by atoms with Crippen molar-refractivity contribution in [3.63, 3.8) is 0 Å². The average molecular weight is 607 g/mol. The summed E-state index contributed by atoms with van der Waals surface area (Å²) in [6, 6.07) is 23.4. The first-order valence-electron chi connectivity index (χ1n) is 14.8. The van der Waals surface area contributed by atoms with Crippen molar-refractivity contribution >= 4 is 21.7 Å². The molecule has 0 aromatic heterocycles. The molecule has 0 aliphatic carbocycles. The number of carbonyl (C=O) groups is 2. The summed E-state index contributed by atoms with van der Waals surface area (Å²) in [5.41, 5.74) is 4.57. The molecule has 2 aliphatic heterocycles. The fourth-order valence-corrected chi connectivity index (χ4v) is 7.69. The number of amides is 2. The largest absolute Gasteiger partial charge is 0.457 e. The maximum atomic E-state index is 14.1. The first kappa shape index (κ1) is 30.7. The summed E-state index contributed by atoms with van der Waals surface area (Å²) in [5, 5.41) is 0. The van der Waals surface area contributed by atoms with Gasteiger partial charge in [0.2, 0.25) is 5.91 Å². The molecule has 2 amide bonds. The second-order valence-corrected chi connectivity index (χ2v) is 13.4. The van der Waals surface area contributed by atoms with Gasteiger partial charge in [0.05, 0.1) is 12.2 Å². The van der Waals surface area contributed by atoms with E-state index < -0.39 is 26.8 Å². The van der Waals surface area contributed by atoms with Crippen LogP contribution in [0, 0.1) is 0 Å². The van der Waals surface area contributed by atoms with Crippen LogP contribution < -0.4 is 10.2 Å². The highest BCUT2D eigenvalue weighted by molar-refractivity contribution is 7.92. The molecule has 3 aromatic carbocycles. The summed E-state index contributed by atoms with van der Waals surface area (Å²) in [6.45, 7) is 2.82. The minimum atomic E-state index is -3.92. The van der Waals surface area contributed by atoms with E-state index in [4.69, 9.17) is 14.3 Å². The lowest BCUT2D eigenvalue weighted by Gasteiger charge is -2.32. The Bertz CT molecular complexity index is 1490. The zero-order valence-corrected chi connectivity index (χ0v) is 25.2. The van der Waals surface area contributed by atoms with Gasteiger partial charge in [0.25, 0.3) is 5.91 Å². The van der Waals surface area contributed by atoms with E-state index >= 15 is 0 Å². The molecule has 2 aliphatic rings. The van der Waals surface area contributed by atoms with Crippen LogP contribution in [0.4, 0.5) is 0 Å². The van der Waals surface area contributed by atoms with Crippen LogP contribution in [0.25, 0.3) is 0 Å². The number of aryl methyl sites for hydroxylation is 1. The molecule has 2 atom stereocenters. The molecule has 2 heterocycles. The van der Waals surface area contributed by atoms with E-state index in [9.17, 15) is 18.0 Å². The van der Waals surface area contributed by atoms with E-state index in [1.807, 2.05) is 30.3 Å². The number of benzene rings is 3. The molecule has 43 heavy (non-hydrogen) atoms. The zero-order valence-electron chi connectivity index (χ0n) is 24.4. The molecule has 2 fully saturated rings. The van der Waals surface area contributed by atoms with Crippen LogP contribution in [0.2, 0.25) is 0 Å². The Morgan fingerprint density at radius 2 is 1.65 bits per heavy atom. The molecule has 3 aromatic rings. The van der Waals surface area contributed by atoms with Crippen LogP contribution in [0.15, 0.2) is 78.9 Å². The number of nitrogens with zero attached hydrogens (tertiary/aromatic N) is 1. The van der Waals surface area contributed by atoms with Gasteiger partial charge in [0.1, 0.15) is 16.2 Å². The minimum Gasteiger partial charge on any atom is -0.457 e. The Morgan fingerprint density at radius 3 is 2.30 bits per heavy atom. The lowest BCUT2D eigenvalue weighted by atomic mass is 9.90. The number of hydrogen-bond donors (Lipinski definition) is 1. The van der Waals surface area contributed by atoms with E-state index in [1.165, 1.54) is 5.56 Å². The highest BCUT2D eigenvalue weighted by Gasteiger charge is 2.49. The predicted molar refractivity (Wildman–Crippen MR) is 162 cm³/mol. The van der Waals surface area contributed by atoms with E-state index in [0.29, 0.717) is 35.7 Å². The van der Waals surface area contributed by atoms with Crippen molar-refractivity contribution < 1.29 is 32.3 Å². The Hall–Kier alpha value is -3.73. The van der Waals surface area contributed by atoms with Gasteiger partial charge in [-0.05, 0) is 73.2 Å². The van der Waals surface area contributed by atoms with E-state index in [-0.39, 0.29) is 37.6 Å². The number of hydroxylamine groups is 1. The predicted octanol–water partition coefficient (Wildman–Crippen LogP) is 5.16. The van der Waals surface area contributed by atoms with Crippen LogP contribution >= 0.6 is 0 Å². The lowest BCUT2D eigenvalue weighted by Crippen LogP contribution is -2.43. The number of ether oxygens (including phenoxy) is 2. The fourth-order valence-electron chi connectivity index (χ4n) is 5.59. The van der Waals surface area contributed by atoms with Gasteiger partial charge in [-0.15, -0.1) is 0 Å². The summed E-state index contributed by atoms with van der Waals surface area (Å²) in [5.74, 6) is 0.104. The summed E-state index contributed by atoms with van der Waals surface area (Å²) in [7, 11) is -3.92. The highest BCUT2D eigenvalue weighted by atomic mass is 32.2. The first-order chi connectivity index (χ1) is 20.8. The van der Waals surface area contributed by atoms with Crippen LogP contribution in [0.5, 0.6) is 11.5 Å². The molecule has 5 rings (SSSR count). The molecule has 10 heteroatoms. The molecule has 0 radical (unpaired) electrons. The second kappa shape index (κ2) is 13.7. The first-order valence-corrected chi connectivity index (χ1v) is 16.4. The molecule has 0 spiro atoms. The van der Waals surface area contributed by atoms with Gasteiger partial charge in [-0.2, -0.15) is 0 Å². The van der Waals surface area contributed by atoms with Crippen LogP contribution in [-0.4, -0.2) is 56.9 Å². The topological polar surface area (TPSA) is 111 Å². The second-order valence-electron chi connectivity index (χ2n) is 11.0. The SMILES string of the molecule is CCc1ccc(Oc2ccc(C3(CC(=O)NOC4CCCCO4)CCN(C(=O)c4ccccc4)CCS3(=O)=O)cc2)cc1. The third-order valence-electron chi connectivity index (χ3n) is 8.15. The smallest absolute Gasteiger partial charge is 0.253 e. The summed E-state index contributed by atoms with van der Waals surface area (Å²) < 4.78 is 38.1. The van der Waals surface area contributed by atoms with E-state index in [2.05, 4.69) is 12.4 Å². The standard InChI is InChI=1S/C33H38N2O7S/c1-2-25-11-15-28(16-12-25)41-29-17-13-27(14-18-29)33(24-30(36)34-42-31-10-6-7-22-40-31)19-20-35(21-23-43(33,38)39)32(37)26-8-4-3-5-9-26/h3-5,8-9,11-18,31H,2,6-7,10,19-24H2,1H3,(H,34,36). The Labute approximate surface area is 253 Å². The van der Waals surface area contributed by atoms with E-state index in [1.54, 1.807) is 53.4 Å². The van der Waals surface area contributed by atoms with Crippen molar-refractivity contribution in [3.05, 3.63) is 95.6 Å². The molecule has 0 bridgehead atoms. The number of carbonyl (C=O) groups excluding carboxylic acids is 2. The van der Waals surface area contributed by atoms with Gasteiger partial charge in [-0.25, -0.2) is 18.7 Å². The highest BCUT2D eigenvalue weighted by Crippen LogP contribution is 2.41. The summed E-state index contributed by atoms with van der Waals surface area (Å²) in [4.78, 5) is 33.6. The molecule has 2 unspecified atom stereocenters. The summed E-state index contributed by atoms with van der Waals surface area (Å²) in [6.07, 6.45) is 2.52. The number of sulfone groups is 1. The Kier molecular flexibility index (Phi) is 9.79. The van der Waals surface area contributed by atoms with Crippen molar-refractivity contribution in [3.8, 4) is 11.5 Å². The van der Waals surface area contributed by atoms with Gasteiger partial charge in [0, 0.05) is 31.7 Å². The third kappa shape index (κ3) is 7.26. The van der Waals surface area contributed by atoms with Gasteiger partial charge >= 0.3 is 0 Å². The molecular weight excluding hydrogens is 568 g/mol. The number of hydrogen-bond acceptors (Lipinski definition) is 7. The van der Waals surface area contributed by atoms with Gasteiger partial charge in [0.15, 0.2) is 16.1 Å². The van der Waals surface area contributed by atoms with E-state index in [0.717, 1.165) is 19.3 Å². The van der Waals surface area contributed by atoms with Crippen molar-refractivity contribution in [2.75, 3.05) is 25.4 Å². The third-order valence-corrected chi connectivity index (χ3v) is 10.6. The lowest BCUT2D eigenvalue weighted by molar-refractivity contribution is -0.200. The van der Waals surface area contributed by atoms with Crippen molar-refractivity contribution in [1.29, 1.82) is 0 Å². The van der Waals surface area contributed by atoms with Crippen molar-refractivity contribution in [1.82, 2.24) is 10.4 Å². The Morgan fingerprint density at radius 1 is 0.953 bits per heavy atom. The Balaban J connectivity index is 1.40. The summed E-state index contributed by atoms with van der Waals surface area (Å²) >= 11 is 0.